The van der Waals surface area contributed by atoms with Gasteiger partial charge in [0.25, 0.3) is 5.91 Å². The molecule has 2 heterocycles. The molecule has 2 amide bonds. The second-order valence-electron chi connectivity index (χ2n) is 10.9. The first-order valence-electron chi connectivity index (χ1n) is 12.4. The lowest BCUT2D eigenvalue weighted by molar-refractivity contribution is -0.121. The summed E-state index contributed by atoms with van der Waals surface area (Å²) in [4.78, 5) is 39.0. The molecule has 188 valence electrons. The summed E-state index contributed by atoms with van der Waals surface area (Å²) in [5.74, 6) is 1.26. The molecule has 2 aromatic heterocycles. The number of nitrogens with one attached hydrogen (secondary N) is 1. The van der Waals surface area contributed by atoms with Crippen LogP contribution in [0, 0.1) is 29.1 Å². The van der Waals surface area contributed by atoms with E-state index in [2.05, 4.69) is 44.9 Å². The van der Waals surface area contributed by atoms with Gasteiger partial charge in [-0.05, 0) is 54.6 Å². The van der Waals surface area contributed by atoms with Crippen LogP contribution in [0.1, 0.15) is 95.1 Å². The first-order chi connectivity index (χ1) is 15.8. The largest absolute Gasteiger partial charge is 0.369 e. The van der Waals surface area contributed by atoms with Crippen LogP contribution in [0.4, 0.5) is 0 Å². The lowest BCUT2D eigenvalue weighted by atomic mass is 9.64. The molecule has 0 aromatic carbocycles. The molecule has 0 radical (unpaired) electrons. The molecule has 1 aliphatic carbocycles. The molecule has 1 aliphatic rings. The number of ketones is 1. The molecule has 0 spiro atoms. The SMILES string of the molecule is CC(=O)c1cn2c(C(=O)NCC3CCCC(C)(C)C3C)cccc2n1.CC(C)CC(C)C(N)=O. The number of amides is 2. The highest BCUT2D eigenvalue weighted by atomic mass is 16.2. The molecule has 3 rings (SSSR count). The van der Waals surface area contributed by atoms with Crippen molar-refractivity contribution >= 4 is 23.2 Å². The van der Waals surface area contributed by atoms with E-state index < -0.39 is 0 Å². The third kappa shape index (κ3) is 7.15. The van der Waals surface area contributed by atoms with Crippen LogP contribution in [0.25, 0.3) is 5.65 Å². The highest BCUT2D eigenvalue weighted by molar-refractivity contribution is 5.95. The van der Waals surface area contributed by atoms with E-state index in [1.807, 2.05) is 6.92 Å². The van der Waals surface area contributed by atoms with Crippen molar-refractivity contribution in [2.75, 3.05) is 6.54 Å². The second kappa shape index (κ2) is 11.6. The van der Waals surface area contributed by atoms with Crippen molar-refractivity contribution in [3.05, 3.63) is 35.8 Å². The first kappa shape index (κ1) is 27.5. The van der Waals surface area contributed by atoms with Gasteiger partial charge in [0.15, 0.2) is 5.78 Å². The fourth-order valence-corrected chi connectivity index (χ4v) is 4.72. The lowest BCUT2D eigenvalue weighted by Crippen LogP contribution is -2.40. The average Bonchev–Trinajstić information content (AvgIpc) is 3.19. The molecular formula is C27H42N4O3. The molecule has 1 fully saturated rings. The molecule has 0 bridgehead atoms. The van der Waals surface area contributed by atoms with E-state index in [0.29, 0.717) is 46.7 Å². The van der Waals surface area contributed by atoms with Gasteiger partial charge in [0, 0.05) is 25.6 Å². The molecule has 0 aliphatic heterocycles. The van der Waals surface area contributed by atoms with Crippen molar-refractivity contribution in [3.63, 3.8) is 0 Å². The van der Waals surface area contributed by atoms with Crippen LogP contribution in [0.2, 0.25) is 0 Å². The van der Waals surface area contributed by atoms with Crippen LogP contribution in [-0.2, 0) is 4.79 Å². The van der Waals surface area contributed by atoms with E-state index in [0.717, 1.165) is 12.8 Å². The number of carbonyl (C=O) groups excluding carboxylic acids is 3. The first-order valence-corrected chi connectivity index (χ1v) is 12.4. The lowest BCUT2D eigenvalue weighted by Gasteiger charge is -2.42. The highest BCUT2D eigenvalue weighted by Gasteiger charge is 2.35. The van der Waals surface area contributed by atoms with Gasteiger partial charge in [-0.25, -0.2) is 4.98 Å². The van der Waals surface area contributed by atoms with Crippen LogP contribution in [0.5, 0.6) is 0 Å². The monoisotopic (exact) mass is 470 g/mol. The Balaban J connectivity index is 0.000000387. The van der Waals surface area contributed by atoms with Crippen LogP contribution >= 0.6 is 0 Å². The van der Waals surface area contributed by atoms with Gasteiger partial charge in [-0.3, -0.25) is 18.8 Å². The maximum Gasteiger partial charge on any atom is 0.268 e. The van der Waals surface area contributed by atoms with Gasteiger partial charge >= 0.3 is 0 Å². The molecule has 2 aromatic rings. The number of fused-ring (bicyclic) bond motifs is 1. The highest BCUT2D eigenvalue weighted by Crippen LogP contribution is 2.43. The maximum absolute atomic E-state index is 12.7. The quantitative estimate of drug-likeness (QED) is 0.562. The Hall–Kier alpha value is -2.70. The van der Waals surface area contributed by atoms with Crippen molar-refractivity contribution in [1.29, 1.82) is 0 Å². The number of nitrogens with zero attached hydrogens (tertiary/aromatic N) is 2. The second-order valence-corrected chi connectivity index (χ2v) is 10.9. The summed E-state index contributed by atoms with van der Waals surface area (Å²) < 4.78 is 1.69. The topological polar surface area (TPSA) is 107 Å². The summed E-state index contributed by atoms with van der Waals surface area (Å²) >= 11 is 0. The van der Waals surface area contributed by atoms with Gasteiger partial charge < -0.3 is 11.1 Å². The van der Waals surface area contributed by atoms with E-state index in [-0.39, 0.29) is 23.5 Å². The number of hydrogen-bond acceptors (Lipinski definition) is 4. The minimum Gasteiger partial charge on any atom is -0.369 e. The van der Waals surface area contributed by atoms with Crippen LogP contribution < -0.4 is 11.1 Å². The Morgan fingerprint density at radius 1 is 1.24 bits per heavy atom. The van der Waals surface area contributed by atoms with E-state index in [1.54, 1.807) is 28.8 Å². The van der Waals surface area contributed by atoms with Crippen molar-refractivity contribution in [2.24, 2.45) is 34.8 Å². The molecule has 1 saturated carbocycles. The molecule has 3 atom stereocenters. The van der Waals surface area contributed by atoms with Crippen molar-refractivity contribution < 1.29 is 14.4 Å². The summed E-state index contributed by atoms with van der Waals surface area (Å²) in [6.45, 7) is 15.1. The number of pyridine rings is 1. The third-order valence-corrected chi connectivity index (χ3v) is 7.26. The molecule has 34 heavy (non-hydrogen) atoms. The average molecular weight is 471 g/mol. The zero-order valence-corrected chi connectivity index (χ0v) is 21.9. The normalized spacial score (nSPS) is 20.4. The number of aromatic nitrogens is 2. The summed E-state index contributed by atoms with van der Waals surface area (Å²) in [5, 5.41) is 3.10. The fraction of sp³-hybridized carbons (Fsp3) is 0.630. The zero-order chi connectivity index (χ0) is 25.6. The summed E-state index contributed by atoms with van der Waals surface area (Å²) in [7, 11) is 0. The minimum absolute atomic E-state index is 0.0324. The fourth-order valence-electron chi connectivity index (χ4n) is 4.72. The molecule has 7 nitrogen and oxygen atoms in total. The van der Waals surface area contributed by atoms with Crippen LogP contribution in [0.15, 0.2) is 24.4 Å². The molecule has 0 saturated heterocycles. The maximum atomic E-state index is 12.7. The third-order valence-electron chi connectivity index (χ3n) is 7.26. The van der Waals surface area contributed by atoms with Crippen molar-refractivity contribution in [2.45, 2.75) is 74.1 Å². The van der Waals surface area contributed by atoms with Gasteiger partial charge in [-0.15, -0.1) is 0 Å². The molecule has 3 N–H and O–H groups in total. The van der Waals surface area contributed by atoms with Crippen LogP contribution in [-0.4, -0.2) is 33.5 Å². The Morgan fingerprint density at radius 3 is 2.47 bits per heavy atom. The predicted octanol–water partition coefficient (Wildman–Crippen LogP) is 4.88. The molecular weight excluding hydrogens is 428 g/mol. The standard InChI is InChI=1S/C20H27N3O2.C7H15NO/c1-13-15(7-6-10-20(13,3)4)11-21-19(25)17-8-5-9-18-22-16(14(2)24)12-23(17)18;1-5(2)4-6(3)7(8)9/h5,8-9,12-13,15H,6-7,10-11H2,1-4H3,(H,21,25);5-6H,4H2,1-3H3,(H2,8,9). The van der Waals surface area contributed by atoms with Gasteiger partial charge in [0.2, 0.25) is 5.91 Å². The zero-order valence-electron chi connectivity index (χ0n) is 21.9. The van der Waals surface area contributed by atoms with E-state index >= 15 is 0 Å². The van der Waals surface area contributed by atoms with Gasteiger partial charge in [0.1, 0.15) is 17.0 Å². The number of imidazole rings is 1. The van der Waals surface area contributed by atoms with Gasteiger partial charge in [0.05, 0.1) is 0 Å². The van der Waals surface area contributed by atoms with E-state index in [1.165, 1.54) is 19.8 Å². The van der Waals surface area contributed by atoms with Gasteiger partial charge in [-0.1, -0.05) is 54.0 Å². The Bertz CT molecular complexity index is 1010. The van der Waals surface area contributed by atoms with E-state index in [9.17, 15) is 14.4 Å². The number of hydrogen-bond donors (Lipinski definition) is 2. The van der Waals surface area contributed by atoms with E-state index in [4.69, 9.17) is 5.73 Å². The predicted molar refractivity (Wildman–Crippen MR) is 136 cm³/mol. The van der Waals surface area contributed by atoms with Gasteiger partial charge in [-0.2, -0.15) is 0 Å². The summed E-state index contributed by atoms with van der Waals surface area (Å²) in [6.07, 6.45) is 6.17. The Kier molecular flexibility index (Phi) is 9.42. The number of carbonyl (C=O) groups is 3. The number of primary amides is 1. The van der Waals surface area contributed by atoms with Crippen molar-refractivity contribution in [3.8, 4) is 0 Å². The smallest absolute Gasteiger partial charge is 0.268 e. The van der Waals surface area contributed by atoms with Crippen LogP contribution in [0.3, 0.4) is 0 Å². The number of rotatable bonds is 7. The Labute approximate surface area is 203 Å². The minimum atomic E-state index is -0.191. The Morgan fingerprint density at radius 2 is 1.91 bits per heavy atom. The van der Waals surface area contributed by atoms with Crippen molar-refractivity contribution in [1.82, 2.24) is 14.7 Å². The molecule has 7 heteroatoms. The summed E-state index contributed by atoms with van der Waals surface area (Å²) in [5.41, 5.74) is 6.88. The number of Topliss-reactive ketones (excluding diaryl/α,β-unsaturated/α-hetero) is 1. The molecule has 3 unspecified atom stereocenters. The summed E-state index contributed by atoms with van der Waals surface area (Å²) in [6, 6.07) is 5.37. The number of nitrogens with two attached hydrogens (primary N) is 1.